The number of amides is 1. The molecule has 3 aromatic rings. The quantitative estimate of drug-likeness (QED) is 0.580. The third-order valence-corrected chi connectivity index (χ3v) is 6.00. The molecule has 1 N–H and O–H groups in total. The summed E-state index contributed by atoms with van der Waals surface area (Å²) in [6.07, 6.45) is 0. The lowest BCUT2D eigenvalue weighted by atomic mass is 10.0. The third kappa shape index (κ3) is 5.06. The Kier molecular flexibility index (Phi) is 6.66. The normalized spacial score (nSPS) is 15.2. The van der Waals surface area contributed by atoms with E-state index >= 15 is 0 Å². The van der Waals surface area contributed by atoms with E-state index < -0.39 is 0 Å². The average Bonchev–Trinajstić information content (AvgIpc) is 2.82. The standard InChI is InChI=1S/C27H29N3O2/c1-20-8-12-24(13-9-20)28-27(32)26(23-6-4-3-5-7-23)30-18-16-29(17-19-30)25-14-10-22(11-15-25)21(2)31/h3-15,26H,16-19H2,1-2H3,(H,28,32). The summed E-state index contributed by atoms with van der Waals surface area (Å²) in [6, 6.07) is 25.3. The highest BCUT2D eigenvalue weighted by molar-refractivity contribution is 5.95. The Morgan fingerprint density at radius 3 is 2.03 bits per heavy atom. The van der Waals surface area contributed by atoms with Crippen LogP contribution in [0.15, 0.2) is 78.9 Å². The Hall–Kier alpha value is -3.44. The molecule has 32 heavy (non-hydrogen) atoms. The summed E-state index contributed by atoms with van der Waals surface area (Å²) in [4.78, 5) is 29.4. The summed E-state index contributed by atoms with van der Waals surface area (Å²) in [5, 5.41) is 3.10. The van der Waals surface area contributed by atoms with Gasteiger partial charge in [-0.05, 0) is 55.8 Å². The van der Waals surface area contributed by atoms with Gasteiger partial charge in [0.15, 0.2) is 5.78 Å². The topological polar surface area (TPSA) is 52.7 Å². The van der Waals surface area contributed by atoms with Gasteiger partial charge in [0.1, 0.15) is 6.04 Å². The minimum Gasteiger partial charge on any atom is -0.369 e. The fourth-order valence-corrected chi connectivity index (χ4v) is 4.16. The lowest BCUT2D eigenvalue weighted by Crippen LogP contribution is -2.50. The molecule has 4 rings (SSSR count). The predicted molar refractivity (Wildman–Crippen MR) is 129 cm³/mol. The van der Waals surface area contributed by atoms with Gasteiger partial charge in [-0.15, -0.1) is 0 Å². The molecule has 1 unspecified atom stereocenters. The van der Waals surface area contributed by atoms with Gasteiger partial charge in [-0.2, -0.15) is 0 Å². The smallest absolute Gasteiger partial charge is 0.246 e. The largest absolute Gasteiger partial charge is 0.369 e. The van der Waals surface area contributed by atoms with Crippen molar-refractivity contribution < 1.29 is 9.59 Å². The van der Waals surface area contributed by atoms with Gasteiger partial charge in [-0.1, -0.05) is 48.0 Å². The van der Waals surface area contributed by atoms with Crippen LogP contribution < -0.4 is 10.2 Å². The zero-order chi connectivity index (χ0) is 22.5. The van der Waals surface area contributed by atoms with Crippen LogP contribution in [0.3, 0.4) is 0 Å². The molecule has 0 bridgehead atoms. The first-order chi connectivity index (χ1) is 15.5. The first-order valence-corrected chi connectivity index (χ1v) is 11.0. The fraction of sp³-hybridized carbons (Fsp3) is 0.259. The summed E-state index contributed by atoms with van der Waals surface area (Å²) >= 11 is 0. The van der Waals surface area contributed by atoms with E-state index in [1.807, 2.05) is 85.8 Å². The zero-order valence-corrected chi connectivity index (χ0v) is 18.6. The van der Waals surface area contributed by atoms with Crippen LogP contribution in [0.5, 0.6) is 0 Å². The molecule has 1 amide bonds. The summed E-state index contributed by atoms with van der Waals surface area (Å²) < 4.78 is 0. The van der Waals surface area contributed by atoms with Gasteiger partial charge in [0, 0.05) is 43.1 Å². The molecule has 3 aromatic carbocycles. The van der Waals surface area contributed by atoms with Crippen LogP contribution in [0.25, 0.3) is 0 Å². The number of nitrogens with zero attached hydrogens (tertiary/aromatic N) is 2. The first kappa shape index (κ1) is 21.8. The van der Waals surface area contributed by atoms with Crippen molar-refractivity contribution in [2.24, 2.45) is 0 Å². The van der Waals surface area contributed by atoms with Gasteiger partial charge in [-0.3, -0.25) is 14.5 Å². The number of hydrogen-bond acceptors (Lipinski definition) is 4. The summed E-state index contributed by atoms with van der Waals surface area (Å²) in [7, 11) is 0. The molecule has 1 aliphatic rings. The molecule has 1 aliphatic heterocycles. The van der Waals surface area contributed by atoms with Crippen molar-refractivity contribution in [1.29, 1.82) is 0 Å². The van der Waals surface area contributed by atoms with Crippen LogP contribution in [-0.2, 0) is 4.79 Å². The van der Waals surface area contributed by atoms with Gasteiger partial charge in [-0.25, -0.2) is 0 Å². The van der Waals surface area contributed by atoms with E-state index in [1.165, 1.54) is 0 Å². The van der Waals surface area contributed by atoms with E-state index in [-0.39, 0.29) is 17.7 Å². The van der Waals surface area contributed by atoms with Gasteiger partial charge >= 0.3 is 0 Å². The van der Waals surface area contributed by atoms with Crippen molar-refractivity contribution in [2.45, 2.75) is 19.9 Å². The van der Waals surface area contributed by atoms with Gasteiger partial charge in [0.05, 0.1) is 0 Å². The number of ketones is 1. The van der Waals surface area contributed by atoms with E-state index in [0.29, 0.717) is 0 Å². The number of carbonyl (C=O) groups is 2. The molecule has 5 nitrogen and oxygen atoms in total. The Morgan fingerprint density at radius 1 is 0.812 bits per heavy atom. The highest BCUT2D eigenvalue weighted by Gasteiger charge is 2.30. The number of rotatable bonds is 6. The fourth-order valence-electron chi connectivity index (χ4n) is 4.16. The Balaban J connectivity index is 1.48. The molecule has 0 aromatic heterocycles. The molecule has 164 valence electrons. The number of nitrogens with one attached hydrogen (secondary N) is 1. The van der Waals surface area contributed by atoms with Crippen LogP contribution in [-0.4, -0.2) is 42.8 Å². The highest BCUT2D eigenvalue weighted by Crippen LogP contribution is 2.26. The van der Waals surface area contributed by atoms with Crippen molar-refractivity contribution in [3.8, 4) is 0 Å². The zero-order valence-electron chi connectivity index (χ0n) is 18.6. The van der Waals surface area contributed by atoms with Crippen LogP contribution in [0.4, 0.5) is 11.4 Å². The van der Waals surface area contributed by atoms with Crippen LogP contribution >= 0.6 is 0 Å². The number of benzene rings is 3. The van der Waals surface area contributed by atoms with Crippen molar-refractivity contribution in [1.82, 2.24) is 4.90 Å². The average molecular weight is 428 g/mol. The maximum absolute atomic E-state index is 13.4. The molecule has 1 saturated heterocycles. The molecule has 0 aliphatic carbocycles. The minimum absolute atomic E-state index is 0.0145. The Morgan fingerprint density at radius 2 is 1.44 bits per heavy atom. The summed E-state index contributed by atoms with van der Waals surface area (Å²) in [5.74, 6) is 0.0611. The Bertz CT molecular complexity index is 1050. The number of Topliss-reactive ketones (excluding diaryl/α,β-unsaturated/α-hetero) is 1. The van der Waals surface area contributed by atoms with Gasteiger partial charge < -0.3 is 10.2 Å². The molecular formula is C27H29N3O2. The summed E-state index contributed by atoms with van der Waals surface area (Å²) in [5.41, 5.74) is 4.80. The van der Waals surface area contributed by atoms with E-state index in [9.17, 15) is 9.59 Å². The monoisotopic (exact) mass is 427 g/mol. The second-order valence-corrected chi connectivity index (χ2v) is 8.29. The van der Waals surface area contributed by atoms with Crippen molar-refractivity contribution >= 4 is 23.1 Å². The van der Waals surface area contributed by atoms with Gasteiger partial charge in [0.25, 0.3) is 0 Å². The van der Waals surface area contributed by atoms with Crippen LogP contribution in [0.2, 0.25) is 0 Å². The molecular weight excluding hydrogens is 398 g/mol. The van der Waals surface area contributed by atoms with E-state index in [4.69, 9.17) is 0 Å². The Labute approximate surface area is 189 Å². The second-order valence-electron chi connectivity index (χ2n) is 8.29. The molecule has 0 spiro atoms. The highest BCUT2D eigenvalue weighted by atomic mass is 16.2. The maximum Gasteiger partial charge on any atom is 0.246 e. The van der Waals surface area contributed by atoms with E-state index in [1.54, 1.807) is 6.92 Å². The SMILES string of the molecule is CC(=O)c1ccc(N2CCN(C(C(=O)Nc3ccc(C)cc3)c3ccccc3)CC2)cc1. The van der Waals surface area contributed by atoms with Crippen molar-refractivity contribution in [3.63, 3.8) is 0 Å². The number of carbonyl (C=O) groups excluding carboxylic acids is 2. The number of piperazine rings is 1. The second kappa shape index (κ2) is 9.79. The maximum atomic E-state index is 13.4. The van der Waals surface area contributed by atoms with E-state index in [0.717, 1.165) is 54.2 Å². The molecule has 5 heteroatoms. The van der Waals surface area contributed by atoms with Crippen LogP contribution in [0.1, 0.15) is 34.5 Å². The van der Waals surface area contributed by atoms with Crippen molar-refractivity contribution in [3.05, 3.63) is 95.6 Å². The lowest BCUT2D eigenvalue weighted by molar-refractivity contribution is -0.121. The van der Waals surface area contributed by atoms with Gasteiger partial charge in [0.2, 0.25) is 5.91 Å². The lowest BCUT2D eigenvalue weighted by Gasteiger charge is -2.39. The third-order valence-electron chi connectivity index (χ3n) is 6.00. The van der Waals surface area contributed by atoms with E-state index in [2.05, 4.69) is 15.1 Å². The number of aryl methyl sites for hydroxylation is 1. The molecule has 1 heterocycles. The molecule has 0 saturated carbocycles. The molecule has 0 radical (unpaired) electrons. The van der Waals surface area contributed by atoms with Crippen molar-refractivity contribution in [2.75, 3.05) is 36.4 Å². The summed E-state index contributed by atoms with van der Waals surface area (Å²) in [6.45, 7) is 6.80. The number of hydrogen-bond donors (Lipinski definition) is 1. The predicted octanol–water partition coefficient (Wildman–Crippen LogP) is 4.70. The minimum atomic E-state index is -0.347. The molecule has 1 atom stereocenters. The first-order valence-electron chi connectivity index (χ1n) is 11.0. The molecule has 1 fully saturated rings. The van der Waals surface area contributed by atoms with Crippen LogP contribution in [0, 0.1) is 6.92 Å². The number of anilines is 2.